The van der Waals surface area contributed by atoms with Crippen molar-refractivity contribution in [2.24, 2.45) is 0 Å². The van der Waals surface area contributed by atoms with Gasteiger partial charge in [0, 0.05) is 54.7 Å². The van der Waals surface area contributed by atoms with Gasteiger partial charge in [-0.1, -0.05) is 183 Å². The first kappa shape index (κ1) is 37.4. The number of hydrogen-bond donors (Lipinski definition) is 0. The third-order valence-electron chi connectivity index (χ3n) is 13.1. The van der Waals surface area contributed by atoms with E-state index in [1.54, 1.807) is 0 Å². The Morgan fingerprint density at radius 3 is 1.72 bits per heavy atom. The minimum absolute atomic E-state index is 0.553. The second kappa shape index (κ2) is 14.2. The van der Waals surface area contributed by atoms with Crippen molar-refractivity contribution in [3.63, 3.8) is 0 Å². The van der Waals surface area contributed by atoms with E-state index in [1.807, 2.05) is 24.3 Å². The number of furan rings is 1. The fraction of sp³-hybridized carbons (Fsp3) is 0.0517. The van der Waals surface area contributed by atoms with Crippen LogP contribution in [0.1, 0.15) is 0 Å². The molecular formula is C58H41N5OSi. The van der Waals surface area contributed by atoms with Gasteiger partial charge < -0.3 is 8.98 Å². The van der Waals surface area contributed by atoms with Gasteiger partial charge in [-0.25, -0.2) is 4.98 Å². The van der Waals surface area contributed by atoms with Gasteiger partial charge in [0.1, 0.15) is 11.2 Å². The zero-order valence-corrected chi connectivity index (χ0v) is 37.1. The van der Waals surface area contributed by atoms with Crippen LogP contribution in [-0.2, 0) is 0 Å². The summed E-state index contributed by atoms with van der Waals surface area (Å²) in [7, 11) is -1.53. The van der Waals surface area contributed by atoms with Crippen molar-refractivity contribution in [3.8, 4) is 45.5 Å². The van der Waals surface area contributed by atoms with Gasteiger partial charge in [-0.2, -0.15) is 9.97 Å². The molecule has 0 amide bonds. The van der Waals surface area contributed by atoms with E-state index in [2.05, 4.69) is 199 Å². The normalized spacial score (nSPS) is 12.2. The summed E-state index contributed by atoms with van der Waals surface area (Å²) in [5.41, 5.74) is 11.0. The van der Waals surface area contributed by atoms with Crippen molar-refractivity contribution in [3.05, 3.63) is 194 Å². The van der Waals surface area contributed by atoms with Gasteiger partial charge >= 0.3 is 0 Å². The van der Waals surface area contributed by atoms with E-state index >= 15 is 0 Å². The van der Waals surface area contributed by atoms with Crippen molar-refractivity contribution >= 4 is 89.6 Å². The van der Waals surface area contributed by atoms with E-state index < -0.39 is 8.07 Å². The number of nitrogens with zero attached hydrogens (tertiary/aromatic N) is 5. The molecule has 308 valence electrons. The van der Waals surface area contributed by atoms with Crippen LogP contribution in [0.3, 0.4) is 0 Å². The molecule has 0 fully saturated rings. The Morgan fingerprint density at radius 1 is 0.415 bits per heavy atom. The fourth-order valence-corrected chi connectivity index (χ4v) is 11.1. The van der Waals surface area contributed by atoms with Crippen LogP contribution < -0.4 is 5.19 Å². The summed E-state index contributed by atoms with van der Waals surface area (Å²) in [5.74, 6) is 1.77. The standard InChI is InChI=1S/C58H41N5OSi/c1-65(2,3)42-29-27-37(28-30-42)48-34-41(35-49-45-21-11-14-24-52(45)64-55(48)49)62-50-22-12-9-19-43(50)46-31-32-47-44-20-10-13-23-51(44)63(54(47)53(46)62)58-60-56(38-16-5-4-6-17-38)59-57(61-58)40-26-25-36-15-7-8-18-39(36)33-40/h4-35H,1-3H3. The van der Waals surface area contributed by atoms with Crippen LogP contribution in [0.25, 0.3) is 122 Å². The first-order valence-corrected chi connectivity index (χ1v) is 25.7. The highest BCUT2D eigenvalue weighted by atomic mass is 28.3. The number of para-hydroxylation sites is 3. The second-order valence-electron chi connectivity index (χ2n) is 18.1. The van der Waals surface area contributed by atoms with Gasteiger partial charge in [0.05, 0.1) is 30.1 Å². The molecular weight excluding hydrogens is 811 g/mol. The molecule has 0 bridgehead atoms. The fourth-order valence-electron chi connectivity index (χ4n) is 9.92. The van der Waals surface area contributed by atoms with Gasteiger partial charge in [-0.15, -0.1) is 0 Å². The predicted molar refractivity (Wildman–Crippen MR) is 273 cm³/mol. The third kappa shape index (κ3) is 5.89. The molecule has 0 saturated heterocycles. The molecule has 0 unspecified atom stereocenters. The minimum Gasteiger partial charge on any atom is -0.455 e. The molecule has 0 N–H and O–H groups in total. The number of hydrogen-bond acceptors (Lipinski definition) is 4. The molecule has 0 spiro atoms. The smallest absolute Gasteiger partial charge is 0.238 e. The molecule has 0 atom stereocenters. The molecule has 4 heterocycles. The Kier molecular flexibility index (Phi) is 8.17. The van der Waals surface area contributed by atoms with Gasteiger partial charge in [0.25, 0.3) is 0 Å². The largest absolute Gasteiger partial charge is 0.455 e. The maximum Gasteiger partial charge on any atom is 0.238 e. The molecule has 65 heavy (non-hydrogen) atoms. The van der Waals surface area contributed by atoms with Crippen molar-refractivity contribution < 1.29 is 4.42 Å². The first-order chi connectivity index (χ1) is 31.9. The van der Waals surface area contributed by atoms with Crippen molar-refractivity contribution in [2.75, 3.05) is 0 Å². The van der Waals surface area contributed by atoms with Crippen LogP contribution in [0.5, 0.6) is 0 Å². The molecule has 0 aliphatic carbocycles. The number of aromatic nitrogens is 5. The Bertz CT molecular complexity index is 4040. The van der Waals surface area contributed by atoms with E-state index in [0.29, 0.717) is 17.6 Å². The second-order valence-corrected chi connectivity index (χ2v) is 23.1. The van der Waals surface area contributed by atoms with Crippen LogP contribution >= 0.6 is 0 Å². The first-order valence-electron chi connectivity index (χ1n) is 22.2. The molecule has 7 heteroatoms. The summed E-state index contributed by atoms with van der Waals surface area (Å²) in [6, 6.07) is 69.2. The van der Waals surface area contributed by atoms with Crippen molar-refractivity contribution in [1.29, 1.82) is 0 Å². The highest BCUT2D eigenvalue weighted by molar-refractivity contribution is 6.88. The molecule has 4 aromatic heterocycles. The van der Waals surface area contributed by atoms with Gasteiger partial charge in [-0.05, 0) is 52.7 Å². The summed E-state index contributed by atoms with van der Waals surface area (Å²) >= 11 is 0. The molecule has 13 aromatic rings. The number of rotatable bonds is 6. The van der Waals surface area contributed by atoms with Crippen molar-refractivity contribution in [1.82, 2.24) is 24.1 Å². The summed E-state index contributed by atoms with van der Waals surface area (Å²) in [4.78, 5) is 15.9. The molecule has 0 aliphatic rings. The third-order valence-corrected chi connectivity index (χ3v) is 15.2. The molecule has 0 radical (unpaired) electrons. The Morgan fingerprint density at radius 2 is 1.00 bits per heavy atom. The molecule has 0 aliphatic heterocycles. The maximum atomic E-state index is 6.76. The average molecular weight is 852 g/mol. The predicted octanol–water partition coefficient (Wildman–Crippen LogP) is 14.7. The Balaban J connectivity index is 1.15. The van der Waals surface area contributed by atoms with Crippen LogP contribution in [-0.4, -0.2) is 32.2 Å². The van der Waals surface area contributed by atoms with Gasteiger partial charge in [-0.3, -0.25) is 4.57 Å². The van der Waals surface area contributed by atoms with E-state index in [4.69, 9.17) is 19.4 Å². The maximum absolute atomic E-state index is 6.76. The van der Waals surface area contributed by atoms with Gasteiger partial charge in [0.2, 0.25) is 5.95 Å². The van der Waals surface area contributed by atoms with Crippen LogP contribution in [0.4, 0.5) is 0 Å². The molecule has 13 rings (SSSR count). The van der Waals surface area contributed by atoms with Crippen LogP contribution in [0.2, 0.25) is 19.6 Å². The Hall–Kier alpha value is -8.13. The van der Waals surface area contributed by atoms with E-state index in [9.17, 15) is 0 Å². The minimum atomic E-state index is -1.53. The topological polar surface area (TPSA) is 61.7 Å². The van der Waals surface area contributed by atoms with E-state index in [1.165, 1.54) is 10.6 Å². The lowest BCUT2D eigenvalue weighted by molar-refractivity contribution is 0.670. The summed E-state index contributed by atoms with van der Waals surface area (Å²) in [6.07, 6.45) is 0. The van der Waals surface area contributed by atoms with Crippen LogP contribution in [0.15, 0.2) is 199 Å². The average Bonchev–Trinajstić information content (AvgIpc) is 4.01. The van der Waals surface area contributed by atoms with Gasteiger partial charge in [0.15, 0.2) is 11.6 Å². The lowest BCUT2D eigenvalue weighted by Gasteiger charge is -2.17. The SMILES string of the molecule is C[Si](C)(C)c1ccc(-c2cc(-n3c4ccccc4c4ccc5c6ccccc6n(-c6nc(-c7ccccc7)nc(-c7ccc8ccccc8c7)n6)c5c43)cc3c2oc2ccccc23)cc1. The van der Waals surface area contributed by atoms with Crippen LogP contribution in [0, 0.1) is 0 Å². The summed E-state index contributed by atoms with van der Waals surface area (Å²) in [5, 5.41) is 10.4. The monoisotopic (exact) mass is 851 g/mol. The molecule has 9 aromatic carbocycles. The zero-order chi connectivity index (χ0) is 43.4. The summed E-state index contributed by atoms with van der Waals surface area (Å²) < 4.78 is 11.5. The molecule has 0 saturated carbocycles. The van der Waals surface area contributed by atoms with E-state index in [-0.39, 0.29) is 0 Å². The Labute approximate surface area is 375 Å². The lowest BCUT2D eigenvalue weighted by Crippen LogP contribution is -2.37. The number of fused-ring (bicyclic) bond motifs is 11. The highest BCUT2D eigenvalue weighted by Gasteiger charge is 2.25. The lowest BCUT2D eigenvalue weighted by atomic mass is 10.0. The number of benzene rings is 9. The van der Waals surface area contributed by atoms with Crippen molar-refractivity contribution in [2.45, 2.75) is 19.6 Å². The molecule has 6 nitrogen and oxygen atoms in total. The van der Waals surface area contributed by atoms with E-state index in [0.717, 1.165) is 98.9 Å². The highest BCUT2D eigenvalue weighted by Crippen LogP contribution is 2.44. The zero-order valence-electron chi connectivity index (χ0n) is 36.1. The quantitative estimate of drug-likeness (QED) is 0.156. The summed E-state index contributed by atoms with van der Waals surface area (Å²) in [6.45, 7) is 7.18.